The number of aromatic amines is 1. The van der Waals surface area contributed by atoms with Gasteiger partial charge in [-0.25, -0.2) is 0 Å². The summed E-state index contributed by atoms with van der Waals surface area (Å²) >= 11 is 0. The summed E-state index contributed by atoms with van der Waals surface area (Å²) in [6.45, 7) is 1.99. The Hall–Kier alpha value is -2.11. The van der Waals surface area contributed by atoms with Crippen LogP contribution in [0.5, 0.6) is 0 Å². The largest absolute Gasteiger partial charge is 0.481 e. The maximum Gasteiger partial charge on any atom is 0.307 e. The van der Waals surface area contributed by atoms with Gasteiger partial charge in [0.2, 0.25) is 5.91 Å². The number of aliphatic carboxylic acids is 1. The van der Waals surface area contributed by atoms with E-state index >= 15 is 0 Å². The van der Waals surface area contributed by atoms with Crippen LogP contribution in [-0.2, 0) is 16.0 Å². The summed E-state index contributed by atoms with van der Waals surface area (Å²) in [4.78, 5) is 23.7. The second-order valence-corrected chi connectivity index (χ2v) is 5.46. The minimum absolute atomic E-state index is 0.0152. The van der Waals surface area contributed by atoms with Crippen molar-refractivity contribution in [2.45, 2.75) is 19.8 Å². The minimum Gasteiger partial charge on any atom is -0.481 e. The van der Waals surface area contributed by atoms with E-state index in [1.54, 1.807) is 6.07 Å². The zero-order valence-electron chi connectivity index (χ0n) is 11.2. The Morgan fingerprint density at radius 2 is 2.10 bits per heavy atom. The van der Waals surface area contributed by atoms with Crippen molar-refractivity contribution in [2.75, 3.05) is 5.32 Å². The van der Waals surface area contributed by atoms with Crippen molar-refractivity contribution in [1.29, 1.82) is 0 Å². The molecule has 1 aromatic heterocycles. The summed E-state index contributed by atoms with van der Waals surface area (Å²) < 4.78 is 0. The summed E-state index contributed by atoms with van der Waals surface area (Å²) in [5.74, 6) is -1.77. The van der Waals surface area contributed by atoms with Gasteiger partial charge in [0, 0.05) is 11.8 Å². The fourth-order valence-electron chi connectivity index (χ4n) is 3.33. The molecule has 1 fully saturated rings. The summed E-state index contributed by atoms with van der Waals surface area (Å²) in [6, 6.07) is 1.77. The lowest BCUT2D eigenvalue weighted by atomic mass is 9.82. The van der Waals surface area contributed by atoms with Crippen LogP contribution in [0.1, 0.15) is 19.0 Å². The molecule has 3 rings (SSSR count). The van der Waals surface area contributed by atoms with Crippen LogP contribution in [-0.4, -0.2) is 27.2 Å². The molecule has 2 aliphatic carbocycles. The summed E-state index contributed by atoms with van der Waals surface area (Å²) in [7, 11) is 0. The third kappa shape index (κ3) is 2.01. The molecular weight excluding hydrogens is 258 g/mol. The standard InChI is InChI=1S/C14H17N3O3/c1-2-9-6-10(17-16-9)15-13(18)11-7-3-4-8(5-7)12(11)14(19)20/h3-4,6-8,11-12H,2,5H2,1H3,(H,19,20)(H2,15,16,17,18). The first-order valence-electron chi connectivity index (χ1n) is 6.86. The number of amides is 1. The van der Waals surface area contributed by atoms with Crippen LogP contribution in [0.25, 0.3) is 0 Å². The van der Waals surface area contributed by atoms with Crippen molar-refractivity contribution in [3.63, 3.8) is 0 Å². The first kappa shape index (κ1) is 12.9. The molecule has 0 aromatic carbocycles. The van der Waals surface area contributed by atoms with Gasteiger partial charge in [0.1, 0.15) is 0 Å². The quantitative estimate of drug-likeness (QED) is 0.724. The Kier molecular flexibility index (Phi) is 3.08. The molecular formula is C14H17N3O3. The molecule has 1 saturated carbocycles. The van der Waals surface area contributed by atoms with Gasteiger partial charge in [0.15, 0.2) is 5.82 Å². The number of H-pyrrole nitrogens is 1. The maximum absolute atomic E-state index is 12.4. The monoisotopic (exact) mass is 275 g/mol. The van der Waals surface area contributed by atoms with Gasteiger partial charge in [0.25, 0.3) is 0 Å². The SMILES string of the molecule is CCc1cc(NC(=O)C2C3C=CC(C3)C2C(=O)O)n[nH]1. The van der Waals surface area contributed by atoms with Crippen LogP contribution in [0.4, 0.5) is 5.82 Å². The average Bonchev–Trinajstić information content (AvgIpc) is 3.12. The molecule has 2 aliphatic rings. The normalized spacial score (nSPS) is 30.6. The van der Waals surface area contributed by atoms with E-state index in [0.29, 0.717) is 5.82 Å². The number of allylic oxidation sites excluding steroid dienone is 2. The lowest BCUT2D eigenvalue weighted by Gasteiger charge is -2.23. The number of carbonyl (C=O) groups excluding carboxylic acids is 1. The van der Waals surface area contributed by atoms with Gasteiger partial charge < -0.3 is 10.4 Å². The molecule has 4 unspecified atom stereocenters. The number of hydrogen-bond donors (Lipinski definition) is 3. The number of fused-ring (bicyclic) bond motifs is 2. The van der Waals surface area contributed by atoms with Crippen molar-refractivity contribution in [1.82, 2.24) is 10.2 Å². The Labute approximate surface area is 116 Å². The lowest BCUT2D eigenvalue weighted by Crippen LogP contribution is -2.36. The van der Waals surface area contributed by atoms with Gasteiger partial charge in [-0.2, -0.15) is 5.10 Å². The number of aryl methyl sites for hydroxylation is 1. The van der Waals surface area contributed by atoms with E-state index < -0.39 is 17.8 Å². The summed E-state index contributed by atoms with van der Waals surface area (Å²) in [6.07, 6.45) is 5.46. The van der Waals surface area contributed by atoms with E-state index in [-0.39, 0.29) is 17.7 Å². The second-order valence-electron chi connectivity index (χ2n) is 5.46. The number of carbonyl (C=O) groups is 2. The second kappa shape index (κ2) is 4.77. The Morgan fingerprint density at radius 3 is 2.70 bits per heavy atom. The van der Waals surface area contributed by atoms with Crippen molar-refractivity contribution in [2.24, 2.45) is 23.7 Å². The molecule has 0 aliphatic heterocycles. The van der Waals surface area contributed by atoms with E-state index in [0.717, 1.165) is 18.5 Å². The zero-order valence-corrected chi connectivity index (χ0v) is 11.2. The molecule has 0 spiro atoms. The number of carboxylic acid groups (broad SMARTS) is 1. The number of carboxylic acids is 1. The van der Waals surface area contributed by atoms with Gasteiger partial charge in [-0.3, -0.25) is 14.7 Å². The fraction of sp³-hybridized carbons (Fsp3) is 0.500. The van der Waals surface area contributed by atoms with Crippen molar-refractivity contribution >= 4 is 17.7 Å². The van der Waals surface area contributed by atoms with Gasteiger partial charge in [-0.05, 0) is 24.7 Å². The highest BCUT2D eigenvalue weighted by molar-refractivity contribution is 5.95. The molecule has 6 nitrogen and oxygen atoms in total. The van der Waals surface area contributed by atoms with E-state index in [1.165, 1.54) is 0 Å². The van der Waals surface area contributed by atoms with Crippen molar-refractivity contribution in [3.05, 3.63) is 23.9 Å². The fourth-order valence-corrected chi connectivity index (χ4v) is 3.33. The molecule has 20 heavy (non-hydrogen) atoms. The number of hydrogen-bond acceptors (Lipinski definition) is 3. The van der Waals surface area contributed by atoms with Crippen molar-refractivity contribution < 1.29 is 14.7 Å². The van der Waals surface area contributed by atoms with Gasteiger partial charge in [-0.15, -0.1) is 0 Å². The van der Waals surface area contributed by atoms with E-state index in [2.05, 4.69) is 15.5 Å². The molecule has 4 atom stereocenters. The van der Waals surface area contributed by atoms with Crippen LogP contribution < -0.4 is 5.32 Å². The number of nitrogens with zero attached hydrogens (tertiary/aromatic N) is 1. The first-order valence-corrected chi connectivity index (χ1v) is 6.86. The predicted octanol–water partition coefficient (Wildman–Crippen LogP) is 1.43. The summed E-state index contributed by atoms with van der Waals surface area (Å²) in [5.41, 5.74) is 0.933. The van der Waals surface area contributed by atoms with E-state index in [1.807, 2.05) is 19.1 Å². The zero-order chi connectivity index (χ0) is 14.3. The van der Waals surface area contributed by atoms with E-state index in [9.17, 15) is 14.7 Å². The first-order chi connectivity index (χ1) is 9.60. The molecule has 2 bridgehead atoms. The minimum atomic E-state index is -0.890. The van der Waals surface area contributed by atoms with Crippen LogP contribution in [0, 0.1) is 23.7 Å². The molecule has 3 N–H and O–H groups in total. The topological polar surface area (TPSA) is 95.1 Å². The molecule has 0 saturated heterocycles. The van der Waals surface area contributed by atoms with Crippen LogP contribution in [0.15, 0.2) is 18.2 Å². The van der Waals surface area contributed by atoms with E-state index in [4.69, 9.17) is 0 Å². The Morgan fingerprint density at radius 1 is 1.40 bits per heavy atom. The predicted molar refractivity (Wildman–Crippen MR) is 71.9 cm³/mol. The number of aromatic nitrogens is 2. The van der Waals surface area contributed by atoms with Crippen LogP contribution in [0.2, 0.25) is 0 Å². The third-order valence-corrected chi connectivity index (χ3v) is 4.31. The van der Waals surface area contributed by atoms with Crippen LogP contribution >= 0.6 is 0 Å². The molecule has 1 amide bonds. The molecule has 1 aromatic rings. The van der Waals surface area contributed by atoms with Crippen molar-refractivity contribution in [3.8, 4) is 0 Å². The van der Waals surface area contributed by atoms with Crippen LogP contribution in [0.3, 0.4) is 0 Å². The maximum atomic E-state index is 12.4. The van der Waals surface area contributed by atoms with Gasteiger partial charge >= 0.3 is 5.97 Å². The molecule has 0 radical (unpaired) electrons. The number of rotatable bonds is 4. The smallest absolute Gasteiger partial charge is 0.307 e. The average molecular weight is 275 g/mol. The highest BCUT2D eigenvalue weighted by atomic mass is 16.4. The number of anilines is 1. The lowest BCUT2D eigenvalue weighted by molar-refractivity contribution is -0.146. The van der Waals surface area contributed by atoms with Gasteiger partial charge in [-0.1, -0.05) is 19.1 Å². The summed E-state index contributed by atoms with van der Waals surface area (Å²) in [5, 5.41) is 18.9. The van der Waals surface area contributed by atoms with Gasteiger partial charge in [0.05, 0.1) is 11.8 Å². The Balaban J connectivity index is 1.76. The Bertz CT molecular complexity index is 578. The highest BCUT2D eigenvalue weighted by Crippen LogP contribution is 2.48. The molecule has 106 valence electrons. The number of nitrogens with one attached hydrogen (secondary N) is 2. The molecule has 6 heteroatoms. The molecule has 1 heterocycles. The highest BCUT2D eigenvalue weighted by Gasteiger charge is 2.51. The third-order valence-electron chi connectivity index (χ3n) is 4.31.